The van der Waals surface area contributed by atoms with Gasteiger partial charge in [0.1, 0.15) is 0 Å². The fraction of sp³-hybridized carbons (Fsp3) is 0.417. The summed E-state index contributed by atoms with van der Waals surface area (Å²) in [5.41, 5.74) is 7.50. The SMILES string of the molecule is NCCC(=O)Nc1cccc(C2SCCS2)c1. The minimum absolute atomic E-state index is 0.0172. The first-order chi connectivity index (χ1) is 8.29. The summed E-state index contributed by atoms with van der Waals surface area (Å²) in [5, 5.41) is 2.87. The summed E-state index contributed by atoms with van der Waals surface area (Å²) in [5.74, 6) is 2.40. The number of thioether (sulfide) groups is 2. The molecule has 0 bridgehead atoms. The lowest BCUT2D eigenvalue weighted by atomic mass is 10.2. The van der Waals surface area contributed by atoms with Gasteiger partial charge in [-0.05, 0) is 17.7 Å². The molecule has 0 unspecified atom stereocenters. The maximum Gasteiger partial charge on any atom is 0.225 e. The Bertz CT molecular complexity index is 392. The Morgan fingerprint density at radius 3 is 2.88 bits per heavy atom. The summed E-state index contributed by atoms with van der Waals surface area (Å²) in [4.78, 5) is 11.4. The Labute approximate surface area is 110 Å². The van der Waals surface area contributed by atoms with E-state index in [0.29, 0.717) is 17.5 Å². The number of carbonyl (C=O) groups is 1. The van der Waals surface area contributed by atoms with Crippen molar-refractivity contribution in [2.75, 3.05) is 23.4 Å². The van der Waals surface area contributed by atoms with E-state index in [0.717, 1.165) is 5.69 Å². The highest BCUT2D eigenvalue weighted by Gasteiger charge is 2.18. The van der Waals surface area contributed by atoms with Gasteiger partial charge in [0, 0.05) is 30.2 Å². The highest BCUT2D eigenvalue weighted by atomic mass is 32.2. The number of amides is 1. The van der Waals surface area contributed by atoms with Crippen LogP contribution in [-0.2, 0) is 4.79 Å². The van der Waals surface area contributed by atoms with E-state index in [4.69, 9.17) is 5.73 Å². The van der Waals surface area contributed by atoms with Crippen LogP contribution in [0.3, 0.4) is 0 Å². The van der Waals surface area contributed by atoms with Gasteiger partial charge in [0.2, 0.25) is 5.91 Å². The number of benzene rings is 1. The van der Waals surface area contributed by atoms with Gasteiger partial charge in [-0.15, -0.1) is 23.5 Å². The number of carbonyl (C=O) groups excluding carboxylic acids is 1. The number of rotatable bonds is 4. The van der Waals surface area contributed by atoms with E-state index in [1.54, 1.807) is 0 Å². The van der Waals surface area contributed by atoms with Gasteiger partial charge in [0.15, 0.2) is 0 Å². The summed E-state index contributed by atoms with van der Waals surface area (Å²) in [6.45, 7) is 0.389. The van der Waals surface area contributed by atoms with E-state index >= 15 is 0 Å². The fourth-order valence-electron chi connectivity index (χ4n) is 1.67. The maximum atomic E-state index is 11.4. The van der Waals surface area contributed by atoms with Crippen molar-refractivity contribution >= 4 is 35.1 Å². The third-order valence-corrected chi connectivity index (χ3v) is 5.54. The maximum absolute atomic E-state index is 11.4. The third kappa shape index (κ3) is 3.66. The third-order valence-electron chi connectivity index (χ3n) is 2.44. The van der Waals surface area contributed by atoms with Crippen molar-refractivity contribution in [2.45, 2.75) is 11.0 Å². The van der Waals surface area contributed by atoms with Crippen LogP contribution in [0.5, 0.6) is 0 Å². The zero-order valence-corrected chi connectivity index (χ0v) is 11.2. The van der Waals surface area contributed by atoms with Gasteiger partial charge >= 0.3 is 0 Å². The molecule has 1 fully saturated rings. The molecular formula is C12H16N2OS2. The zero-order valence-electron chi connectivity index (χ0n) is 9.52. The highest BCUT2D eigenvalue weighted by Crippen LogP contribution is 2.45. The number of anilines is 1. The van der Waals surface area contributed by atoms with Crippen molar-refractivity contribution in [3.8, 4) is 0 Å². The van der Waals surface area contributed by atoms with Crippen molar-refractivity contribution in [3.63, 3.8) is 0 Å². The summed E-state index contributed by atoms with van der Waals surface area (Å²) in [7, 11) is 0. The molecular weight excluding hydrogens is 252 g/mol. The Balaban J connectivity index is 2.03. The van der Waals surface area contributed by atoms with Crippen molar-refractivity contribution in [1.82, 2.24) is 0 Å². The molecule has 0 saturated carbocycles. The normalized spacial score (nSPS) is 16.1. The van der Waals surface area contributed by atoms with Gasteiger partial charge in [-0.2, -0.15) is 0 Å². The van der Waals surface area contributed by atoms with Crippen LogP contribution in [0.15, 0.2) is 24.3 Å². The second kappa shape index (κ2) is 6.33. The van der Waals surface area contributed by atoms with E-state index in [1.807, 2.05) is 35.7 Å². The Morgan fingerprint density at radius 2 is 2.18 bits per heavy atom. The van der Waals surface area contributed by atoms with E-state index in [1.165, 1.54) is 17.1 Å². The minimum atomic E-state index is -0.0172. The van der Waals surface area contributed by atoms with Gasteiger partial charge in [-0.3, -0.25) is 4.79 Å². The first kappa shape index (κ1) is 12.8. The second-order valence-electron chi connectivity index (χ2n) is 3.79. The Morgan fingerprint density at radius 1 is 1.41 bits per heavy atom. The van der Waals surface area contributed by atoms with E-state index in [-0.39, 0.29) is 5.91 Å². The van der Waals surface area contributed by atoms with Crippen molar-refractivity contribution in [3.05, 3.63) is 29.8 Å². The highest BCUT2D eigenvalue weighted by molar-refractivity contribution is 8.19. The lowest BCUT2D eigenvalue weighted by molar-refractivity contribution is -0.116. The fourth-order valence-corrected chi connectivity index (χ4v) is 4.51. The Kier molecular flexibility index (Phi) is 4.76. The van der Waals surface area contributed by atoms with Gasteiger partial charge < -0.3 is 11.1 Å². The van der Waals surface area contributed by atoms with Crippen LogP contribution < -0.4 is 11.1 Å². The van der Waals surface area contributed by atoms with Gasteiger partial charge in [0.25, 0.3) is 0 Å². The van der Waals surface area contributed by atoms with Crippen molar-refractivity contribution < 1.29 is 4.79 Å². The summed E-state index contributed by atoms with van der Waals surface area (Å²) >= 11 is 3.93. The molecule has 1 aliphatic rings. The van der Waals surface area contributed by atoms with E-state index in [2.05, 4.69) is 17.4 Å². The number of nitrogens with one attached hydrogen (secondary N) is 1. The zero-order chi connectivity index (χ0) is 12.1. The lowest BCUT2D eigenvalue weighted by Gasteiger charge is -2.10. The molecule has 1 aromatic rings. The number of hydrogen-bond donors (Lipinski definition) is 2. The van der Waals surface area contributed by atoms with Crippen molar-refractivity contribution in [1.29, 1.82) is 0 Å². The first-order valence-corrected chi connectivity index (χ1v) is 7.72. The molecule has 1 aromatic carbocycles. The molecule has 17 heavy (non-hydrogen) atoms. The molecule has 0 radical (unpaired) electrons. The molecule has 5 heteroatoms. The molecule has 2 rings (SSSR count). The molecule has 0 aliphatic carbocycles. The topological polar surface area (TPSA) is 55.1 Å². The van der Waals surface area contributed by atoms with Gasteiger partial charge in [-0.25, -0.2) is 0 Å². The molecule has 0 aromatic heterocycles. The standard InChI is InChI=1S/C12H16N2OS2/c13-5-4-11(15)14-10-3-1-2-9(8-10)12-16-6-7-17-12/h1-3,8,12H,4-7,13H2,(H,14,15). The van der Waals surface area contributed by atoms with Crippen LogP contribution in [0.25, 0.3) is 0 Å². The van der Waals surface area contributed by atoms with Crippen LogP contribution in [0.4, 0.5) is 5.69 Å². The molecule has 3 nitrogen and oxygen atoms in total. The lowest BCUT2D eigenvalue weighted by Crippen LogP contribution is -2.16. The molecule has 1 aliphatic heterocycles. The predicted octanol–water partition coefficient (Wildman–Crippen LogP) is 2.45. The molecule has 1 saturated heterocycles. The van der Waals surface area contributed by atoms with Crippen LogP contribution >= 0.6 is 23.5 Å². The molecule has 0 spiro atoms. The summed E-state index contributed by atoms with van der Waals surface area (Å²) < 4.78 is 0.515. The predicted molar refractivity (Wildman–Crippen MR) is 76.4 cm³/mol. The van der Waals surface area contributed by atoms with Crippen LogP contribution in [0.1, 0.15) is 16.6 Å². The summed E-state index contributed by atoms with van der Waals surface area (Å²) in [6, 6.07) is 8.09. The molecule has 3 N–H and O–H groups in total. The minimum Gasteiger partial charge on any atom is -0.330 e. The molecule has 1 amide bonds. The van der Waals surface area contributed by atoms with Gasteiger partial charge in [0.05, 0.1) is 4.58 Å². The quantitative estimate of drug-likeness (QED) is 0.880. The monoisotopic (exact) mass is 268 g/mol. The van der Waals surface area contributed by atoms with Crippen LogP contribution in [0.2, 0.25) is 0 Å². The first-order valence-electron chi connectivity index (χ1n) is 5.62. The second-order valence-corrected chi connectivity index (χ2v) is 6.51. The Hall–Kier alpha value is -0.650. The van der Waals surface area contributed by atoms with Crippen LogP contribution in [-0.4, -0.2) is 24.0 Å². The smallest absolute Gasteiger partial charge is 0.225 e. The summed E-state index contributed by atoms with van der Waals surface area (Å²) in [6.07, 6.45) is 0.372. The van der Waals surface area contributed by atoms with E-state index < -0.39 is 0 Å². The average molecular weight is 268 g/mol. The largest absolute Gasteiger partial charge is 0.330 e. The number of hydrogen-bond acceptors (Lipinski definition) is 4. The van der Waals surface area contributed by atoms with E-state index in [9.17, 15) is 4.79 Å². The van der Waals surface area contributed by atoms with Crippen molar-refractivity contribution in [2.24, 2.45) is 5.73 Å². The molecule has 1 heterocycles. The number of nitrogens with two attached hydrogens (primary N) is 1. The van der Waals surface area contributed by atoms with Gasteiger partial charge in [-0.1, -0.05) is 12.1 Å². The average Bonchev–Trinajstić information content (AvgIpc) is 2.83. The molecule has 92 valence electrons. The van der Waals surface area contributed by atoms with Crippen LogP contribution in [0, 0.1) is 0 Å². The molecule has 0 atom stereocenters.